The maximum absolute atomic E-state index is 6.47. The highest BCUT2D eigenvalue weighted by Crippen LogP contribution is 2.39. The molecule has 0 atom stereocenters. The highest BCUT2D eigenvalue weighted by atomic mass is 16.3. The molecule has 0 aliphatic rings. The van der Waals surface area contributed by atoms with Crippen LogP contribution in [0.2, 0.25) is 0 Å². The Labute approximate surface area is 284 Å². The third-order valence-electron chi connectivity index (χ3n) is 8.98. The monoisotopic (exact) mass is 627 g/mol. The van der Waals surface area contributed by atoms with Crippen LogP contribution in [0.5, 0.6) is 0 Å². The van der Waals surface area contributed by atoms with Crippen molar-refractivity contribution < 1.29 is 4.42 Å². The molecule has 2 heterocycles. The molecule has 0 aliphatic heterocycles. The maximum atomic E-state index is 6.47. The van der Waals surface area contributed by atoms with Crippen LogP contribution in [-0.2, 0) is 0 Å². The number of furan rings is 1. The Morgan fingerprint density at radius 3 is 1.49 bits per heavy atom. The molecule has 0 N–H and O–H groups in total. The third kappa shape index (κ3) is 5.35. The summed E-state index contributed by atoms with van der Waals surface area (Å²) in [7, 11) is 0. The summed E-state index contributed by atoms with van der Waals surface area (Å²) in [5, 5.41) is 2.15. The predicted octanol–water partition coefficient (Wildman–Crippen LogP) is 11.8. The molecule has 0 radical (unpaired) electrons. The molecule has 0 unspecified atom stereocenters. The molecule has 49 heavy (non-hydrogen) atoms. The summed E-state index contributed by atoms with van der Waals surface area (Å²) in [6, 6.07) is 60.4. The van der Waals surface area contributed by atoms with E-state index >= 15 is 0 Å². The van der Waals surface area contributed by atoms with Crippen LogP contribution >= 0.6 is 0 Å². The van der Waals surface area contributed by atoms with E-state index in [-0.39, 0.29) is 0 Å². The Morgan fingerprint density at radius 1 is 0.306 bits per heavy atom. The van der Waals surface area contributed by atoms with Crippen molar-refractivity contribution >= 4 is 21.9 Å². The summed E-state index contributed by atoms with van der Waals surface area (Å²) in [4.78, 5) is 15.3. The molecule has 0 bridgehead atoms. The number of aromatic nitrogens is 3. The van der Waals surface area contributed by atoms with Gasteiger partial charge in [0.2, 0.25) is 0 Å². The Hall–Kier alpha value is -6.65. The molecule has 0 saturated heterocycles. The van der Waals surface area contributed by atoms with Crippen LogP contribution in [-0.4, -0.2) is 15.0 Å². The van der Waals surface area contributed by atoms with Gasteiger partial charge in [0.05, 0.1) is 0 Å². The number of fused-ring (bicyclic) bond motifs is 3. The third-order valence-corrected chi connectivity index (χ3v) is 8.98. The van der Waals surface area contributed by atoms with Crippen LogP contribution in [0.25, 0.3) is 89.5 Å². The quantitative estimate of drug-likeness (QED) is 0.184. The van der Waals surface area contributed by atoms with Crippen LogP contribution in [0.1, 0.15) is 0 Å². The first kappa shape index (κ1) is 28.6. The van der Waals surface area contributed by atoms with Gasteiger partial charge in [0.25, 0.3) is 0 Å². The highest BCUT2D eigenvalue weighted by molar-refractivity contribution is 6.13. The molecular weight excluding hydrogens is 599 g/mol. The van der Waals surface area contributed by atoms with Crippen molar-refractivity contribution in [2.45, 2.75) is 0 Å². The van der Waals surface area contributed by atoms with E-state index in [2.05, 4.69) is 140 Å². The molecule has 2 aromatic heterocycles. The lowest BCUT2D eigenvalue weighted by Crippen LogP contribution is -2.01. The molecule has 7 aromatic carbocycles. The van der Waals surface area contributed by atoms with Gasteiger partial charge in [-0.2, -0.15) is 0 Å². The minimum absolute atomic E-state index is 0.584. The van der Waals surface area contributed by atoms with E-state index in [9.17, 15) is 0 Å². The van der Waals surface area contributed by atoms with Gasteiger partial charge in [-0.3, -0.25) is 0 Å². The Morgan fingerprint density at radius 2 is 0.796 bits per heavy atom. The maximum Gasteiger partial charge on any atom is 0.164 e. The summed E-state index contributed by atoms with van der Waals surface area (Å²) in [6.45, 7) is 0. The Bertz CT molecular complexity index is 2580. The smallest absolute Gasteiger partial charge is 0.164 e. The van der Waals surface area contributed by atoms with Crippen molar-refractivity contribution in [3.63, 3.8) is 0 Å². The van der Waals surface area contributed by atoms with Gasteiger partial charge in [-0.15, -0.1) is 0 Å². The van der Waals surface area contributed by atoms with E-state index in [1.54, 1.807) is 0 Å². The average molecular weight is 628 g/mol. The number of hydrogen-bond acceptors (Lipinski definition) is 4. The first-order chi connectivity index (χ1) is 24.3. The fraction of sp³-hybridized carbons (Fsp3) is 0. The van der Waals surface area contributed by atoms with Gasteiger partial charge in [0.15, 0.2) is 17.5 Å². The molecule has 4 nitrogen and oxygen atoms in total. The summed E-state index contributed by atoms with van der Waals surface area (Å²) in [5.41, 5.74) is 11.1. The van der Waals surface area contributed by atoms with Crippen LogP contribution in [0.3, 0.4) is 0 Å². The number of rotatable bonds is 6. The minimum Gasteiger partial charge on any atom is -0.456 e. The minimum atomic E-state index is 0.584. The van der Waals surface area contributed by atoms with Crippen molar-refractivity contribution in [1.82, 2.24) is 15.0 Å². The molecule has 9 aromatic rings. The standard InChI is InChI=1S/C45H29N3O/c1-4-13-30(14-5-1)31-23-25-34(26-24-31)43-46-44(48-45(47-43)38-20-11-10-19-36(38)32-15-6-2-7-16-32)35-27-28-39-41(29-35)49-40-22-12-21-37(42(39)40)33-17-8-3-9-18-33/h1-29H. The summed E-state index contributed by atoms with van der Waals surface area (Å²) < 4.78 is 6.47. The number of hydrogen-bond donors (Lipinski definition) is 0. The summed E-state index contributed by atoms with van der Waals surface area (Å²) in [5.74, 6) is 1.81. The van der Waals surface area contributed by atoms with Gasteiger partial charge >= 0.3 is 0 Å². The summed E-state index contributed by atoms with van der Waals surface area (Å²) >= 11 is 0. The van der Waals surface area contributed by atoms with Crippen LogP contribution in [0, 0.1) is 0 Å². The van der Waals surface area contributed by atoms with E-state index in [1.165, 1.54) is 0 Å². The zero-order valence-corrected chi connectivity index (χ0v) is 26.5. The average Bonchev–Trinajstić information content (AvgIpc) is 3.57. The van der Waals surface area contributed by atoms with E-state index < -0.39 is 0 Å². The molecule has 4 heteroatoms. The lowest BCUT2D eigenvalue weighted by molar-refractivity contribution is 0.669. The van der Waals surface area contributed by atoms with Crippen LogP contribution in [0.4, 0.5) is 0 Å². The van der Waals surface area contributed by atoms with Crippen molar-refractivity contribution in [3.8, 4) is 67.5 Å². The first-order valence-electron chi connectivity index (χ1n) is 16.4. The second-order valence-corrected chi connectivity index (χ2v) is 12.0. The fourth-order valence-electron chi connectivity index (χ4n) is 6.57. The fourth-order valence-corrected chi connectivity index (χ4v) is 6.57. The Balaban J connectivity index is 1.21. The Kier molecular flexibility index (Phi) is 7.10. The number of benzene rings is 7. The molecule has 0 aliphatic carbocycles. The van der Waals surface area contributed by atoms with Gasteiger partial charge in [-0.1, -0.05) is 158 Å². The topological polar surface area (TPSA) is 51.8 Å². The lowest BCUT2D eigenvalue weighted by atomic mass is 9.98. The van der Waals surface area contributed by atoms with Crippen molar-refractivity contribution in [2.75, 3.05) is 0 Å². The van der Waals surface area contributed by atoms with Crippen molar-refractivity contribution in [3.05, 3.63) is 176 Å². The lowest BCUT2D eigenvalue weighted by Gasteiger charge is -2.12. The zero-order valence-electron chi connectivity index (χ0n) is 26.5. The van der Waals surface area contributed by atoms with Crippen molar-refractivity contribution in [2.24, 2.45) is 0 Å². The van der Waals surface area contributed by atoms with Crippen LogP contribution < -0.4 is 0 Å². The van der Waals surface area contributed by atoms with E-state index in [1.807, 2.05) is 36.4 Å². The highest BCUT2D eigenvalue weighted by Gasteiger charge is 2.18. The normalized spacial score (nSPS) is 11.3. The van der Waals surface area contributed by atoms with Crippen molar-refractivity contribution in [1.29, 1.82) is 0 Å². The van der Waals surface area contributed by atoms with Gasteiger partial charge < -0.3 is 4.42 Å². The van der Waals surface area contributed by atoms with Gasteiger partial charge in [0.1, 0.15) is 11.2 Å². The summed E-state index contributed by atoms with van der Waals surface area (Å²) in [6.07, 6.45) is 0. The molecule has 0 fully saturated rings. The predicted molar refractivity (Wildman–Crippen MR) is 200 cm³/mol. The zero-order chi connectivity index (χ0) is 32.6. The molecule has 0 spiro atoms. The second kappa shape index (κ2) is 12.2. The van der Waals surface area contributed by atoms with Gasteiger partial charge in [-0.05, 0) is 51.6 Å². The molecule has 230 valence electrons. The van der Waals surface area contributed by atoms with E-state index in [0.717, 1.165) is 72.0 Å². The van der Waals surface area contributed by atoms with Gasteiger partial charge in [0, 0.05) is 27.5 Å². The van der Waals surface area contributed by atoms with E-state index in [0.29, 0.717) is 17.5 Å². The molecule has 9 rings (SSSR count). The van der Waals surface area contributed by atoms with Gasteiger partial charge in [-0.25, -0.2) is 15.0 Å². The largest absolute Gasteiger partial charge is 0.456 e. The number of nitrogens with zero attached hydrogens (tertiary/aromatic N) is 3. The SMILES string of the molecule is c1ccc(-c2ccc(-c3nc(-c4ccc5c(c4)oc4cccc(-c6ccccc6)c45)nc(-c4ccccc4-c4ccccc4)n3)cc2)cc1. The molecule has 0 saturated carbocycles. The molecule has 0 amide bonds. The van der Waals surface area contributed by atoms with E-state index in [4.69, 9.17) is 19.4 Å². The van der Waals surface area contributed by atoms with Crippen LogP contribution in [0.15, 0.2) is 180 Å². The first-order valence-corrected chi connectivity index (χ1v) is 16.4. The molecular formula is C45H29N3O. The second-order valence-electron chi connectivity index (χ2n) is 12.0.